The van der Waals surface area contributed by atoms with Crippen molar-refractivity contribution in [3.8, 4) is 0 Å². The molecule has 2 N–H and O–H groups in total. The lowest BCUT2D eigenvalue weighted by atomic mass is 10.2. The van der Waals surface area contributed by atoms with Gasteiger partial charge in [0.25, 0.3) is 10.0 Å². The Hall–Kier alpha value is -1.89. The minimum atomic E-state index is -3.91. The van der Waals surface area contributed by atoms with Crippen LogP contribution in [0.5, 0.6) is 0 Å². The number of rotatable bonds is 3. The highest BCUT2D eigenvalue weighted by atomic mass is 32.2. The largest absolute Gasteiger partial charge is 0.329 e. The van der Waals surface area contributed by atoms with Crippen molar-refractivity contribution in [3.05, 3.63) is 29.8 Å². The number of ketones is 1. The third kappa shape index (κ3) is 3.36. The highest BCUT2D eigenvalue weighted by Gasteiger charge is 2.27. The Bertz CT molecular complexity index is 622. The number of sulfonamides is 1. The van der Waals surface area contributed by atoms with Crippen LogP contribution in [0.2, 0.25) is 0 Å². The molecule has 20 heavy (non-hydrogen) atoms. The summed E-state index contributed by atoms with van der Waals surface area (Å²) in [6.07, 6.45) is 1.70. The second-order valence-electron chi connectivity index (χ2n) is 4.80. The molecule has 0 heterocycles. The van der Waals surface area contributed by atoms with E-state index in [1.165, 1.54) is 12.1 Å². The molecule has 2 amide bonds. The molecule has 6 nitrogen and oxygen atoms in total. The fourth-order valence-corrected chi connectivity index (χ4v) is 2.97. The van der Waals surface area contributed by atoms with Crippen molar-refractivity contribution >= 4 is 21.8 Å². The van der Waals surface area contributed by atoms with Crippen LogP contribution in [0.1, 0.15) is 24.8 Å². The molecular weight excluding hydrogens is 280 g/mol. The van der Waals surface area contributed by atoms with Crippen LogP contribution in [0.4, 0.5) is 4.79 Å². The van der Waals surface area contributed by atoms with Gasteiger partial charge in [-0.1, -0.05) is 17.7 Å². The molecule has 1 saturated carbocycles. The Morgan fingerprint density at radius 2 is 1.90 bits per heavy atom. The molecule has 108 valence electrons. The topological polar surface area (TPSA) is 92.3 Å². The fraction of sp³-hybridized carbons (Fsp3) is 0.385. The number of aryl methyl sites for hydroxylation is 1. The second kappa shape index (κ2) is 5.62. The number of hydrogen-bond acceptors (Lipinski definition) is 4. The van der Waals surface area contributed by atoms with E-state index < -0.39 is 22.1 Å². The molecule has 1 aliphatic carbocycles. The Morgan fingerprint density at radius 3 is 2.45 bits per heavy atom. The van der Waals surface area contributed by atoms with Crippen molar-refractivity contribution in [1.82, 2.24) is 10.0 Å². The van der Waals surface area contributed by atoms with Gasteiger partial charge in [0.15, 0.2) is 5.78 Å². The van der Waals surface area contributed by atoms with E-state index in [0.29, 0.717) is 19.3 Å². The molecule has 1 aromatic carbocycles. The molecule has 1 unspecified atom stereocenters. The minimum absolute atomic E-state index is 0.0102. The van der Waals surface area contributed by atoms with E-state index in [4.69, 9.17) is 0 Å². The maximum Gasteiger partial charge on any atom is 0.329 e. The molecule has 1 aliphatic rings. The van der Waals surface area contributed by atoms with Crippen LogP contribution in [0, 0.1) is 6.92 Å². The van der Waals surface area contributed by atoms with E-state index in [-0.39, 0.29) is 10.7 Å². The summed E-state index contributed by atoms with van der Waals surface area (Å²) in [4.78, 5) is 23.0. The first-order chi connectivity index (χ1) is 9.38. The van der Waals surface area contributed by atoms with Gasteiger partial charge in [-0.2, -0.15) is 0 Å². The van der Waals surface area contributed by atoms with Gasteiger partial charge >= 0.3 is 6.03 Å². The summed E-state index contributed by atoms with van der Waals surface area (Å²) in [5.41, 5.74) is 0.921. The molecule has 1 fully saturated rings. The fourth-order valence-electron chi connectivity index (χ4n) is 2.05. The van der Waals surface area contributed by atoms with Crippen molar-refractivity contribution in [2.75, 3.05) is 0 Å². The van der Waals surface area contributed by atoms with Gasteiger partial charge in [-0.05, 0) is 31.9 Å². The number of carbonyl (C=O) groups excluding carboxylic acids is 2. The van der Waals surface area contributed by atoms with Gasteiger partial charge in [0, 0.05) is 6.42 Å². The van der Waals surface area contributed by atoms with Crippen molar-refractivity contribution in [1.29, 1.82) is 0 Å². The SMILES string of the molecule is Cc1ccc(S(=O)(=O)NC(=O)NC2CCCC2=O)cc1. The van der Waals surface area contributed by atoms with E-state index >= 15 is 0 Å². The Kier molecular flexibility index (Phi) is 4.08. The molecule has 0 aromatic heterocycles. The van der Waals surface area contributed by atoms with Crippen molar-refractivity contribution in [2.24, 2.45) is 0 Å². The zero-order valence-corrected chi connectivity index (χ0v) is 11.9. The number of urea groups is 1. The van der Waals surface area contributed by atoms with E-state index in [2.05, 4.69) is 5.32 Å². The lowest BCUT2D eigenvalue weighted by molar-refractivity contribution is -0.118. The summed E-state index contributed by atoms with van der Waals surface area (Å²) in [5, 5.41) is 2.39. The van der Waals surface area contributed by atoms with Crippen LogP contribution in [0.15, 0.2) is 29.2 Å². The summed E-state index contributed by atoms with van der Waals surface area (Å²) >= 11 is 0. The van der Waals surface area contributed by atoms with Crippen LogP contribution in [-0.4, -0.2) is 26.3 Å². The molecule has 1 aromatic rings. The summed E-state index contributed by atoms with van der Waals surface area (Å²) in [6, 6.07) is 4.69. The molecule has 1 atom stereocenters. The third-order valence-electron chi connectivity index (χ3n) is 3.17. The quantitative estimate of drug-likeness (QED) is 0.873. The molecule has 0 spiro atoms. The normalized spacial score (nSPS) is 18.9. The molecule has 0 aliphatic heterocycles. The predicted octanol–water partition coefficient (Wildman–Crippen LogP) is 1.10. The standard InChI is InChI=1S/C13H16N2O4S/c1-9-5-7-10(8-6-9)20(18,19)15-13(17)14-11-3-2-4-12(11)16/h5-8,11H,2-4H2,1H3,(H2,14,15,17). The zero-order chi connectivity index (χ0) is 14.8. The monoisotopic (exact) mass is 296 g/mol. The van der Waals surface area contributed by atoms with Crippen molar-refractivity contribution < 1.29 is 18.0 Å². The average Bonchev–Trinajstić information content (AvgIpc) is 2.74. The molecule has 0 saturated heterocycles. The zero-order valence-electron chi connectivity index (χ0n) is 11.0. The van der Waals surface area contributed by atoms with Gasteiger partial charge in [0.05, 0.1) is 10.9 Å². The second-order valence-corrected chi connectivity index (χ2v) is 6.49. The maximum absolute atomic E-state index is 12.0. The van der Waals surface area contributed by atoms with Crippen LogP contribution in [-0.2, 0) is 14.8 Å². The predicted molar refractivity (Wildman–Crippen MR) is 72.7 cm³/mol. The van der Waals surface area contributed by atoms with Crippen LogP contribution in [0.3, 0.4) is 0 Å². The van der Waals surface area contributed by atoms with Gasteiger partial charge in [-0.25, -0.2) is 17.9 Å². The highest BCUT2D eigenvalue weighted by molar-refractivity contribution is 7.90. The van der Waals surface area contributed by atoms with Crippen LogP contribution >= 0.6 is 0 Å². The third-order valence-corrected chi connectivity index (χ3v) is 4.52. The molecular formula is C13H16N2O4S. The first-order valence-corrected chi connectivity index (χ1v) is 7.79. The first kappa shape index (κ1) is 14.5. The molecule has 0 bridgehead atoms. The van der Waals surface area contributed by atoms with E-state index in [1.54, 1.807) is 12.1 Å². The van der Waals surface area contributed by atoms with Crippen LogP contribution in [0.25, 0.3) is 0 Å². The highest BCUT2D eigenvalue weighted by Crippen LogP contribution is 2.14. The summed E-state index contributed by atoms with van der Waals surface area (Å²) in [7, 11) is -3.91. The Morgan fingerprint density at radius 1 is 1.25 bits per heavy atom. The smallest absolute Gasteiger partial charge is 0.328 e. The van der Waals surface area contributed by atoms with E-state index in [1.807, 2.05) is 11.6 Å². The first-order valence-electron chi connectivity index (χ1n) is 6.31. The summed E-state index contributed by atoms with van der Waals surface area (Å²) < 4.78 is 25.8. The number of carbonyl (C=O) groups is 2. The molecule has 2 rings (SSSR count). The lowest BCUT2D eigenvalue weighted by Gasteiger charge is -2.12. The Labute approximate surface area is 117 Å². The lowest BCUT2D eigenvalue weighted by Crippen LogP contribution is -2.45. The van der Waals surface area contributed by atoms with E-state index in [0.717, 1.165) is 5.56 Å². The maximum atomic E-state index is 12.0. The number of Topliss-reactive ketones (excluding diaryl/α,β-unsaturated/α-hetero) is 1. The van der Waals surface area contributed by atoms with E-state index in [9.17, 15) is 18.0 Å². The number of amides is 2. The van der Waals surface area contributed by atoms with Gasteiger partial charge < -0.3 is 5.32 Å². The van der Waals surface area contributed by atoms with Crippen molar-refractivity contribution in [2.45, 2.75) is 37.1 Å². The number of benzene rings is 1. The number of hydrogen-bond donors (Lipinski definition) is 2. The van der Waals surface area contributed by atoms with Gasteiger partial charge in [-0.3, -0.25) is 4.79 Å². The molecule has 7 heteroatoms. The summed E-state index contributed by atoms with van der Waals surface area (Å²) in [6.45, 7) is 1.84. The van der Waals surface area contributed by atoms with Crippen molar-refractivity contribution in [3.63, 3.8) is 0 Å². The summed E-state index contributed by atoms with van der Waals surface area (Å²) in [5.74, 6) is -0.0621. The van der Waals surface area contributed by atoms with Gasteiger partial charge in [-0.15, -0.1) is 0 Å². The molecule has 0 radical (unpaired) electrons. The van der Waals surface area contributed by atoms with Crippen LogP contribution < -0.4 is 10.0 Å². The van der Waals surface area contributed by atoms with Gasteiger partial charge in [0.1, 0.15) is 0 Å². The Balaban J connectivity index is 2.02. The minimum Gasteiger partial charge on any atom is -0.328 e. The van der Waals surface area contributed by atoms with Gasteiger partial charge in [0.2, 0.25) is 0 Å². The average molecular weight is 296 g/mol. The number of nitrogens with one attached hydrogen (secondary N) is 2.